The van der Waals surface area contributed by atoms with Crippen molar-refractivity contribution in [2.45, 2.75) is 50.5 Å². The van der Waals surface area contributed by atoms with Crippen LogP contribution in [0.15, 0.2) is 60.7 Å². The number of carboxylic acids is 1. The lowest BCUT2D eigenvalue weighted by atomic mass is 9.98. The zero-order valence-electron chi connectivity index (χ0n) is 20.6. The molecule has 1 heterocycles. The molecule has 1 aliphatic rings. The molecule has 9 nitrogen and oxygen atoms in total. The number of nitrogens with one attached hydrogen (secondary N) is 2. The van der Waals surface area contributed by atoms with Gasteiger partial charge in [0.1, 0.15) is 12.7 Å². The summed E-state index contributed by atoms with van der Waals surface area (Å²) >= 11 is 0. The number of ether oxygens (including phenoxy) is 3. The van der Waals surface area contributed by atoms with Crippen molar-refractivity contribution in [3.63, 3.8) is 0 Å². The van der Waals surface area contributed by atoms with Crippen molar-refractivity contribution >= 4 is 17.8 Å². The van der Waals surface area contributed by atoms with Crippen LogP contribution in [0, 0.1) is 0 Å². The van der Waals surface area contributed by atoms with Crippen LogP contribution in [0.2, 0.25) is 0 Å². The zero-order valence-corrected chi connectivity index (χ0v) is 20.6. The van der Waals surface area contributed by atoms with Crippen molar-refractivity contribution in [2.75, 3.05) is 26.3 Å². The summed E-state index contributed by atoms with van der Waals surface area (Å²) in [6.07, 6.45) is -0.148. The maximum atomic E-state index is 13.1. The monoisotopic (exact) mass is 498 g/mol. The van der Waals surface area contributed by atoms with E-state index in [1.54, 1.807) is 13.8 Å². The Morgan fingerprint density at radius 2 is 1.75 bits per heavy atom. The molecule has 0 aromatic heterocycles. The third kappa shape index (κ3) is 8.75. The highest BCUT2D eigenvalue weighted by Crippen LogP contribution is 2.23. The summed E-state index contributed by atoms with van der Waals surface area (Å²) in [5.74, 6) is -3.14. The van der Waals surface area contributed by atoms with E-state index in [1.807, 2.05) is 60.7 Å². The van der Waals surface area contributed by atoms with Crippen molar-refractivity contribution in [1.29, 1.82) is 0 Å². The molecule has 194 valence electrons. The minimum Gasteiger partial charge on any atom is -0.481 e. The third-order valence-electron chi connectivity index (χ3n) is 5.77. The van der Waals surface area contributed by atoms with Crippen molar-refractivity contribution in [1.82, 2.24) is 10.6 Å². The molecule has 2 aromatic carbocycles. The Kier molecular flexibility index (Phi) is 9.98. The second-order valence-corrected chi connectivity index (χ2v) is 9.13. The number of hydrogen-bond acceptors (Lipinski definition) is 7. The van der Waals surface area contributed by atoms with E-state index >= 15 is 0 Å². The van der Waals surface area contributed by atoms with Crippen molar-refractivity contribution in [3.8, 4) is 0 Å². The molecule has 0 aliphatic carbocycles. The van der Waals surface area contributed by atoms with E-state index in [0.717, 1.165) is 11.1 Å². The zero-order chi connectivity index (χ0) is 26.0. The van der Waals surface area contributed by atoms with Gasteiger partial charge in [0.2, 0.25) is 5.91 Å². The Morgan fingerprint density at radius 3 is 2.36 bits per heavy atom. The van der Waals surface area contributed by atoms with Gasteiger partial charge in [-0.3, -0.25) is 14.4 Å². The number of hydrogen-bond donors (Lipinski definition) is 3. The number of benzene rings is 2. The average molecular weight is 499 g/mol. The Balaban J connectivity index is 1.68. The van der Waals surface area contributed by atoms with Gasteiger partial charge in [-0.2, -0.15) is 0 Å². The highest BCUT2D eigenvalue weighted by molar-refractivity contribution is 5.83. The van der Waals surface area contributed by atoms with Crippen LogP contribution in [0.5, 0.6) is 0 Å². The van der Waals surface area contributed by atoms with Crippen LogP contribution in [0.4, 0.5) is 0 Å². The molecule has 36 heavy (non-hydrogen) atoms. The number of carbonyl (C=O) groups is 3. The van der Waals surface area contributed by atoms with Crippen LogP contribution < -0.4 is 10.6 Å². The minimum absolute atomic E-state index is 0.0189. The maximum Gasteiger partial charge on any atom is 0.314 e. The van der Waals surface area contributed by atoms with E-state index in [9.17, 15) is 14.4 Å². The van der Waals surface area contributed by atoms with Crippen LogP contribution in [0.3, 0.4) is 0 Å². The quantitative estimate of drug-likeness (QED) is 0.360. The number of carboxylic acid groups (broad SMARTS) is 1. The van der Waals surface area contributed by atoms with Gasteiger partial charge in [0.05, 0.1) is 25.0 Å². The van der Waals surface area contributed by atoms with E-state index in [2.05, 4.69) is 10.6 Å². The van der Waals surface area contributed by atoms with E-state index in [0.29, 0.717) is 13.0 Å². The summed E-state index contributed by atoms with van der Waals surface area (Å²) in [7, 11) is 0. The molecule has 1 fully saturated rings. The first-order valence-electron chi connectivity index (χ1n) is 12.0. The lowest BCUT2D eigenvalue weighted by molar-refractivity contribution is -0.159. The van der Waals surface area contributed by atoms with Crippen molar-refractivity contribution in [2.24, 2.45) is 0 Å². The molecular formula is C27H34N2O7. The minimum atomic E-state index is -0.991. The van der Waals surface area contributed by atoms with Gasteiger partial charge < -0.3 is 30.0 Å². The Bertz CT molecular complexity index is 998. The summed E-state index contributed by atoms with van der Waals surface area (Å²) in [4.78, 5) is 36.9. The highest BCUT2D eigenvalue weighted by Gasteiger charge is 2.34. The average Bonchev–Trinajstić information content (AvgIpc) is 3.21. The van der Waals surface area contributed by atoms with Crippen LogP contribution in [0.25, 0.3) is 0 Å². The number of carbonyl (C=O) groups excluding carboxylic acids is 2. The van der Waals surface area contributed by atoms with Gasteiger partial charge >= 0.3 is 11.9 Å². The summed E-state index contributed by atoms with van der Waals surface area (Å²) in [6, 6.07) is 18.0. The summed E-state index contributed by atoms with van der Waals surface area (Å²) in [5.41, 5.74) is 1.69. The Labute approximate surface area is 211 Å². The van der Waals surface area contributed by atoms with E-state index in [-0.39, 0.29) is 38.1 Å². The number of esters is 1. The lowest BCUT2D eigenvalue weighted by Crippen LogP contribution is -2.48. The van der Waals surface area contributed by atoms with Gasteiger partial charge in [0.25, 0.3) is 0 Å². The molecule has 0 bridgehead atoms. The lowest BCUT2D eigenvalue weighted by Gasteiger charge is -2.23. The topological polar surface area (TPSA) is 123 Å². The second-order valence-electron chi connectivity index (χ2n) is 9.13. The third-order valence-corrected chi connectivity index (χ3v) is 5.77. The maximum absolute atomic E-state index is 13.1. The fraction of sp³-hybridized carbons (Fsp3) is 0.444. The van der Waals surface area contributed by atoms with Crippen LogP contribution in [0.1, 0.15) is 37.3 Å². The van der Waals surface area contributed by atoms with Crippen molar-refractivity contribution < 1.29 is 33.7 Å². The van der Waals surface area contributed by atoms with Crippen LogP contribution in [-0.4, -0.2) is 67.2 Å². The second kappa shape index (κ2) is 13.2. The molecule has 3 N–H and O–H groups in total. The highest BCUT2D eigenvalue weighted by atomic mass is 16.7. The van der Waals surface area contributed by atoms with Gasteiger partial charge in [0.15, 0.2) is 5.79 Å². The molecule has 1 amide bonds. The summed E-state index contributed by atoms with van der Waals surface area (Å²) < 4.78 is 16.8. The molecule has 2 aromatic rings. The van der Waals surface area contributed by atoms with Crippen molar-refractivity contribution in [3.05, 3.63) is 71.8 Å². The van der Waals surface area contributed by atoms with Crippen LogP contribution in [-0.2, 0) is 35.0 Å². The molecule has 9 heteroatoms. The van der Waals surface area contributed by atoms with E-state index in [1.165, 1.54) is 0 Å². The van der Waals surface area contributed by atoms with E-state index in [4.69, 9.17) is 19.3 Å². The van der Waals surface area contributed by atoms with Gasteiger partial charge in [-0.05, 0) is 31.4 Å². The van der Waals surface area contributed by atoms with Gasteiger partial charge in [-0.1, -0.05) is 60.7 Å². The Morgan fingerprint density at radius 1 is 1.08 bits per heavy atom. The van der Waals surface area contributed by atoms with Crippen LogP contribution >= 0.6 is 0 Å². The largest absolute Gasteiger partial charge is 0.481 e. The van der Waals surface area contributed by atoms with E-state index < -0.39 is 29.7 Å². The molecule has 3 atom stereocenters. The van der Waals surface area contributed by atoms with Gasteiger partial charge in [0, 0.05) is 13.1 Å². The number of rotatable bonds is 13. The molecule has 1 aliphatic heterocycles. The fourth-order valence-corrected chi connectivity index (χ4v) is 3.93. The first-order chi connectivity index (χ1) is 17.2. The summed E-state index contributed by atoms with van der Waals surface area (Å²) in [5, 5.41) is 14.8. The molecule has 1 saturated heterocycles. The summed E-state index contributed by atoms with van der Waals surface area (Å²) in [6.45, 7) is 4.18. The molecule has 0 radical (unpaired) electrons. The number of amides is 1. The van der Waals surface area contributed by atoms with Gasteiger partial charge in [-0.15, -0.1) is 0 Å². The SMILES string of the molecule is CC1(C)OCC(COC(=O)C(CN[C@@H](Cc2ccccc2)C(=O)NCCC(=O)O)c2ccccc2)O1. The van der Waals surface area contributed by atoms with Gasteiger partial charge in [-0.25, -0.2) is 0 Å². The predicted molar refractivity (Wildman–Crippen MR) is 132 cm³/mol. The smallest absolute Gasteiger partial charge is 0.314 e. The molecule has 0 spiro atoms. The predicted octanol–water partition coefficient (Wildman–Crippen LogP) is 2.26. The first kappa shape index (κ1) is 27.3. The molecule has 0 saturated carbocycles. The fourth-order valence-electron chi connectivity index (χ4n) is 3.93. The first-order valence-corrected chi connectivity index (χ1v) is 12.0. The normalized spacial score (nSPS) is 18.2. The number of aliphatic carboxylic acids is 1. The molecule has 3 rings (SSSR count). The molecular weight excluding hydrogens is 464 g/mol. The molecule has 2 unspecified atom stereocenters. The standard InChI is InChI=1S/C27H34N2O7/c1-27(2)35-18-21(36-27)17-34-26(33)22(20-11-7-4-8-12-20)16-29-23(15-19-9-5-3-6-10-19)25(32)28-14-13-24(30)31/h3-12,21-23,29H,13-18H2,1-2H3,(H,28,32)(H,30,31)/t21?,22?,23-/m0/s1. The Hall–Kier alpha value is -3.27.